The number of morpholine rings is 1. The minimum Gasteiger partial charge on any atom is -0.490 e. The van der Waals surface area contributed by atoms with Crippen LogP contribution in [0, 0.1) is 6.92 Å². The van der Waals surface area contributed by atoms with Crippen molar-refractivity contribution >= 4 is 15.9 Å². The smallest absolute Gasteiger partial charge is 0.139 e. The monoisotopic (exact) mass is 327 g/mol. The molecule has 0 aromatic heterocycles. The van der Waals surface area contributed by atoms with E-state index in [0.717, 1.165) is 47.7 Å². The van der Waals surface area contributed by atoms with Gasteiger partial charge in [-0.15, -0.1) is 0 Å². The molecule has 104 valence electrons. The Morgan fingerprint density at radius 1 is 1.32 bits per heavy atom. The number of aryl methyl sites for hydroxylation is 1. The van der Waals surface area contributed by atoms with Crippen LogP contribution >= 0.6 is 15.9 Å². The van der Waals surface area contributed by atoms with Crippen molar-refractivity contribution in [3.63, 3.8) is 0 Å². The molecule has 0 aliphatic carbocycles. The Balaban J connectivity index is 1.88. The van der Waals surface area contributed by atoms with E-state index in [-0.39, 0.29) is 6.04 Å². The summed E-state index contributed by atoms with van der Waals surface area (Å²) in [6.07, 6.45) is -0.502. The van der Waals surface area contributed by atoms with Gasteiger partial charge in [-0.05, 0) is 40.5 Å². The minimum absolute atomic E-state index is 0.0186. The number of rotatable bonds is 1. The van der Waals surface area contributed by atoms with E-state index in [4.69, 9.17) is 9.47 Å². The third-order valence-electron chi connectivity index (χ3n) is 3.81. The maximum absolute atomic E-state index is 10.6. The Bertz CT molecular complexity index is 474. The normalized spacial score (nSPS) is 27.7. The maximum atomic E-state index is 10.6. The van der Waals surface area contributed by atoms with Crippen LogP contribution in [0.5, 0.6) is 5.75 Å². The number of nitrogens with zero attached hydrogens (tertiary/aromatic N) is 1. The summed E-state index contributed by atoms with van der Waals surface area (Å²) in [6, 6.07) is 4.04. The predicted molar refractivity (Wildman–Crippen MR) is 75.5 cm³/mol. The van der Waals surface area contributed by atoms with Crippen LogP contribution in [0.2, 0.25) is 0 Å². The second-order valence-electron chi connectivity index (χ2n) is 5.14. The average molecular weight is 328 g/mol. The summed E-state index contributed by atoms with van der Waals surface area (Å²) in [7, 11) is 0. The molecule has 0 radical (unpaired) electrons. The molecule has 19 heavy (non-hydrogen) atoms. The van der Waals surface area contributed by atoms with Crippen LogP contribution in [0.1, 0.15) is 17.2 Å². The van der Waals surface area contributed by atoms with Crippen LogP contribution in [0.3, 0.4) is 0 Å². The molecule has 2 aliphatic rings. The Kier molecular flexibility index (Phi) is 3.80. The van der Waals surface area contributed by atoms with Crippen molar-refractivity contribution in [2.75, 3.05) is 32.9 Å². The first-order valence-corrected chi connectivity index (χ1v) is 7.39. The lowest BCUT2D eigenvalue weighted by atomic mass is 9.96. The number of hydrogen-bond acceptors (Lipinski definition) is 4. The molecule has 2 heterocycles. The SMILES string of the molecule is Cc1cc(Br)c2c(c1)[C@@H](O)[C@@H](N1CCOCC1)CO2. The fourth-order valence-electron chi connectivity index (χ4n) is 2.81. The van der Waals surface area contributed by atoms with Crippen LogP contribution in [-0.4, -0.2) is 49.0 Å². The van der Waals surface area contributed by atoms with Gasteiger partial charge < -0.3 is 14.6 Å². The zero-order valence-electron chi connectivity index (χ0n) is 10.9. The molecule has 2 aliphatic heterocycles. The zero-order chi connectivity index (χ0) is 13.4. The first-order valence-electron chi connectivity index (χ1n) is 6.59. The van der Waals surface area contributed by atoms with Gasteiger partial charge in [0.15, 0.2) is 0 Å². The van der Waals surface area contributed by atoms with Crippen molar-refractivity contribution < 1.29 is 14.6 Å². The molecule has 1 N–H and O–H groups in total. The van der Waals surface area contributed by atoms with Crippen molar-refractivity contribution in [3.05, 3.63) is 27.7 Å². The number of halogens is 1. The predicted octanol–water partition coefficient (Wildman–Crippen LogP) is 1.88. The highest BCUT2D eigenvalue weighted by molar-refractivity contribution is 9.10. The van der Waals surface area contributed by atoms with Gasteiger partial charge in [0.2, 0.25) is 0 Å². The van der Waals surface area contributed by atoms with E-state index in [1.54, 1.807) is 0 Å². The van der Waals surface area contributed by atoms with E-state index in [2.05, 4.69) is 20.8 Å². The standard InChI is InChI=1S/C14H18BrNO3/c1-9-6-10-13(17)12(16-2-4-18-5-3-16)8-19-14(10)11(15)7-9/h6-7,12-13,17H,2-5,8H2,1H3/t12-,13+/m0/s1. The molecule has 1 fully saturated rings. The molecule has 3 rings (SSSR count). The summed E-state index contributed by atoms with van der Waals surface area (Å²) >= 11 is 3.51. The molecular weight excluding hydrogens is 310 g/mol. The average Bonchev–Trinajstić information content (AvgIpc) is 2.41. The van der Waals surface area contributed by atoms with Gasteiger partial charge in [-0.2, -0.15) is 0 Å². The highest BCUT2D eigenvalue weighted by Gasteiger charge is 2.35. The first kappa shape index (κ1) is 13.4. The largest absolute Gasteiger partial charge is 0.490 e. The van der Waals surface area contributed by atoms with Crippen LogP contribution in [-0.2, 0) is 4.74 Å². The summed E-state index contributed by atoms with van der Waals surface area (Å²) in [5.74, 6) is 0.780. The highest BCUT2D eigenvalue weighted by atomic mass is 79.9. The Hall–Kier alpha value is -0.620. The third kappa shape index (κ3) is 2.52. The molecular formula is C14H18BrNO3. The molecule has 0 unspecified atom stereocenters. The Morgan fingerprint density at radius 3 is 2.79 bits per heavy atom. The first-order chi connectivity index (χ1) is 9.16. The fraction of sp³-hybridized carbons (Fsp3) is 0.571. The number of fused-ring (bicyclic) bond motifs is 1. The van der Waals surface area contributed by atoms with Crippen LogP contribution in [0.4, 0.5) is 0 Å². The molecule has 4 nitrogen and oxygen atoms in total. The number of ether oxygens (including phenoxy) is 2. The van der Waals surface area contributed by atoms with Crippen molar-refractivity contribution in [3.8, 4) is 5.75 Å². The van der Waals surface area contributed by atoms with Gasteiger partial charge in [0, 0.05) is 18.7 Å². The Morgan fingerprint density at radius 2 is 2.05 bits per heavy atom. The van der Waals surface area contributed by atoms with Gasteiger partial charge in [-0.3, -0.25) is 4.90 Å². The lowest BCUT2D eigenvalue weighted by Crippen LogP contribution is -2.50. The quantitative estimate of drug-likeness (QED) is 0.855. The highest BCUT2D eigenvalue weighted by Crippen LogP contribution is 2.40. The molecule has 0 spiro atoms. The number of aliphatic hydroxyl groups is 1. The van der Waals surface area contributed by atoms with Crippen molar-refractivity contribution in [2.24, 2.45) is 0 Å². The minimum atomic E-state index is -0.502. The topological polar surface area (TPSA) is 41.9 Å². The summed E-state index contributed by atoms with van der Waals surface area (Å²) in [5.41, 5.74) is 2.01. The number of hydrogen-bond donors (Lipinski definition) is 1. The second-order valence-corrected chi connectivity index (χ2v) is 5.99. The second kappa shape index (κ2) is 5.40. The Labute approximate surface area is 121 Å². The van der Waals surface area contributed by atoms with Gasteiger partial charge in [-0.25, -0.2) is 0 Å². The van der Waals surface area contributed by atoms with Crippen molar-refractivity contribution in [2.45, 2.75) is 19.1 Å². The molecule has 0 amide bonds. The van der Waals surface area contributed by atoms with Crippen molar-refractivity contribution in [1.82, 2.24) is 4.90 Å². The molecule has 1 aromatic carbocycles. The molecule has 5 heteroatoms. The van der Waals surface area contributed by atoms with Crippen molar-refractivity contribution in [1.29, 1.82) is 0 Å². The van der Waals surface area contributed by atoms with E-state index in [1.807, 2.05) is 19.1 Å². The molecule has 0 saturated carbocycles. The van der Waals surface area contributed by atoms with E-state index in [9.17, 15) is 5.11 Å². The van der Waals surface area contributed by atoms with E-state index in [0.29, 0.717) is 6.61 Å². The van der Waals surface area contributed by atoms with E-state index >= 15 is 0 Å². The van der Waals surface area contributed by atoms with Gasteiger partial charge in [-0.1, -0.05) is 0 Å². The summed E-state index contributed by atoms with van der Waals surface area (Å²) in [6.45, 7) is 5.72. The number of aliphatic hydroxyl groups excluding tert-OH is 1. The maximum Gasteiger partial charge on any atom is 0.139 e. The lowest BCUT2D eigenvalue weighted by molar-refractivity contribution is -0.0456. The fourth-order valence-corrected chi connectivity index (χ4v) is 3.51. The van der Waals surface area contributed by atoms with E-state index < -0.39 is 6.10 Å². The molecule has 2 atom stereocenters. The molecule has 0 bridgehead atoms. The van der Waals surface area contributed by atoms with E-state index in [1.165, 1.54) is 0 Å². The van der Waals surface area contributed by atoms with Gasteiger partial charge >= 0.3 is 0 Å². The van der Waals surface area contributed by atoms with Crippen LogP contribution in [0.25, 0.3) is 0 Å². The van der Waals surface area contributed by atoms with Gasteiger partial charge in [0.1, 0.15) is 18.5 Å². The van der Waals surface area contributed by atoms with Gasteiger partial charge in [0.05, 0.1) is 23.7 Å². The summed E-state index contributed by atoms with van der Waals surface area (Å²) in [5, 5.41) is 10.6. The lowest BCUT2D eigenvalue weighted by Gasteiger charge is -2.40. The molecule has 1 saturated heterocycles. The van der Waals surface area contributed by atoms with Crippen LogP contribution < -0.4 is 4.74 Å². The van der Waals surface area contributed by atoms with Crippen LogP contribution in [0.15, 0.2) is 16.6 Å². The molecule has 1 aromatic rings. The summed E-state index contributed by atoms with van der Waals surface area (Å²) < 4.78 is 12.1. The third-order valence-corrected chi connectivity index (χ3v) is 4.40. The zero-order valence-corrected chi connectivity index (χ0v) is 12.5. The van der Waals surface area contributed by atoms with Gasteiger partial charge in [0.25, 0.3) is 0 Å². The number of benzene rings is 1. The summed E-state index contributed by atoms with van der Waals surface area (Å²) in [4.78, 5) is 2.26.